The summed E-state index contributed by atoms with van der Waals surface area (Å²) in [5, 5.41) is 40.8. The number of aliphatic hydroxyl groups excluding tert-OH is 4. The average molecular weight is 235 g/mol. The molecule has 0 aliphatic carbocycles. The summed E-state index contributed by atoms with van der Waals surface area (Å²) in [7, 11) is 0. The van der Waals surface area contributed by atoms with E-state index in [9.17, 15) is 15.3 Å². The van der Waals surface area contributed by atoms with Crippen LogP contribution in [0.1, 0.15) is 13.8 Å². The van der Waals surface area contributed by atoms with Crippen molar-refractivity contribution in [3.8, 4) is 0 Å². The SMILES string of the molecule is CC(C)CN[C@H]1C(O)O[C@H](CO)[C@H](O)[C@@H]1O. The molecule has 1 aliphatic rings. The Hall–Kier alpha value is -0.240. The molecule has 1 saturated heterocycles. The first kappa shape index (κ1) is 13.8. The third kappa shape index (κ3) is 3.13. The molecule has 16 heavy (non-hydrogen) atoms. The van der Waals surface area contributed by atoms with E-state index in [0.717, 1.165) is 0 Å². The van der Waals surface area contributed by atoms with Crippen LogP contribution in [0.15, 0.2) is 0 Å². The summed E-state index contributed by atoms with van der Waals surface area (Å²) in [4.78, 5) is 0. The number of ether oxygens (including phenoxy) is 1. The van der Waals surface area contributed by atoms with Crippen LogP contribution in [-0.4, -0.2) is 64.2 Å². The molecule has 1 aliphatic heterocycles. The van der Waals surface area contributed by atoms with E-state index in [1.807, 2.05) is 13.8 Å². The van der Waals surface area contributed by atoms with Crippen LogP contribution >= 0.6 is 0 Å². The fourth-order valence-electron chi connectivity index (χ4n) is 1.69. The van der Waals surface area contributed by atoms with Crippen molar-refractivity contribution in [1.29, 1.82) is 0 Å². The highest BCUT2D eigenvalue weighted by Gasteiger charge is 2.43. The highest BCUT2D eigenvalue weighted by molar-refractivity contribution is 4.92. The Balaban J connectivity index is 2.57. The second-order valence-corrected chi connectivity index (χ2v) is 4.56. The van der Waals surface area contributed by atoms with E-state index in [4.69, 9.17) is 9.84 Å². The molecule has 0 aromatic rings. The number of aliphatic hydroxyl groups is 4. The summed E-state index contributed by atoms with van der Waals surface area (Å²) < 4.78 is 5.00. The van der Waals surface area contributed by atoms with Crippen molar-refractivity contribution >= 4 is 0 Å². The lowest BCUT2D eigenvalue weighted by Crippen LogP contribution is -2.63. The zero-order valence-corrected chi connectivity index (χ0v) is 9.58. The first-order chi connectivity index (χ1) is 7.47. The van der Waals surface area contributed by atoms with E-state index in [1.54, 1.807) is 0 Å². The Labute approximate surface area is 94.9 Å². The van der Waals surface area contributed by atoms with Crippen LogP contribution in [-0.2, 0) is 4.74 Å². The largest absolute Gasteiger partial charge is 0.394 e. The number of hydrogen-bond acceptors (Lipinski definition) is 6. The van der Waals surface area contributed by atoms with Crippen LogP contribution in [0.3, 0.4) is 0 Å². The molecular weight excluding hydrogens is 214 g/mol. The van der Waals surface area contributed by atoms with E-state index < -0.39 is 37.3 Å². The molecule has 0 saturated carbocycles. The van der Waals surface area contributed by atoms with Gasteiger partial charge in [0.25, 0.3) is 0 Å². The first-order valence-corrected chi connectivity index (χ1v) is 5.51. The molecule has 0 spiro atoms. The van der Waals surface area contributed by atoms with Crippen molar-refractivity contribution in [2.24, 2.45) is 5.92 Å². The van der Waals surface area contributed by atoms with Crippen molar-refractivity contribution in [3.63, 3.8) is 0 Å². The Bertz CT molecular complexity index is 213. The van der Waals surface area contributed by atoms with Crippen molar-refractivity contribution in [1.82, 2.24) is 5.32 Å². The Morgan fingerprint density at radius 3 is 2.31 bits per heavy atom. The molecule has 0 aromatic heterocycles. The van der Waals surface area contributed by atoms with Gasteiger partial charge in [0, 0.05) is 0 Å². The summed E-state index contributed by atoms with van der Waals surface area (Å²) in [6.07, 6.45) is -4.52. The van der Waals surface area contributed by atoms with E-state index in [0.29, 0.717) is 12.5 Å². The topological polar surface area (TPSA) is 102 Å². The van der Waals surface area contributed by atoms with Crippen LogP contribution in [0.4, 0.5) is 0 Å². The predicted molar refractivity (Wildman–Crippen MR) is 56.6 cm³/mol. The van der Waals surface area contributed by atoms with Gasteiger partial charge < -0.3 is 30.5 Å². The van der Waals surface area contributed by atoms with Gasteiger partial charge in [-0.2, -0.15) is 0 Å². The molecule has 5 N–H and O–H groups in total. The van der Waals surface area contributed by atoms with Gasteiger partial charge in [-0.05, 0) is 12.5 Å². The lowest BCUT2D eigenvalue weighted by atomic mass is 9.97. The molecule has 6 heteroatoms. The Morgan fingerprint density at radius 2 is 1.81 bits per heavy atom. The highest BCUT2D eigenvalue weighted by Crippen LogP contribution is 2.19. The monoisotopic (exact) mass is 235 g/mol. The second-order valence-electron chi connectivity index (χ2n) is 4.56. The molecule has 1 rings (SSSR count). The van der Waals surface area contributed by atoms with Crippen LogP contribution in [0.25, 0.3) is 0 Å². The third-order valence-electron chi connectivity index (χ3n) is 2.66. The molecule has 1 heterocycles. The molecular formula is C10H21NO5. The van der Waals surface area contributed by atoms with Gasteiger partial charge in [0.15, 0.2) is 6.29 Å². The Morgan fingerprint density at radius 1 is 1.19 bits per heavy atom. The van der Waals surface area contributed by atoms with Crippen molar-refractivity contribution in [3.05, 3.63) is 0 Å². The molecule has 5 atom stereocenters. The lowest BCUT2D eigenvalue weighted by molar-refractivity contribution is -0.254. The van der Waals surface area contributed by atoms with Crippen LogP contribution in [0, 0.1) is 5.92 Å². The number of rotatable bonds is 4. The van der Waals surface area contributed by atoms with Crippen molar-refractivity contribution in [2.75, 3.05) is 13.2 Å². The summed E-state index contributed by atoms with van der Waals surface area (Å²) in [6.45, 7) is 4.13. The summed E-state index contributed by atoms with van der Waals surface area (Å²) >= 11 is 0. The van der Waals surface area contributed by atoms with Crippen molar-refractivity contribution in [2.45, 2.75) is 44.5 Å². The summed E-state index contributed by atoms with van der Waals surface area (Å²) in [5.41, 5.74) is 0. The van der Waals surface area contributed by atoms with Gasteiger partial charge in [-0.1, -0.05) is 13.8 Å². The molecule has 1 fully saturated rings. The van der Waals surface area contributed by atoms with E-state index in [1.165, 1.54) is 0 Å². The predicted octanol–water partition coefficient (Wildman–Crippen LogP) is -1.97. The van der Waals surface area contributed by atoms with Gasteiger partial charge in [-0.15, -0.1) is 0 Å². The summed E-state index contributed by atoms with van der Waals surface area (Å²) in [5.74, 6) is 0.354. The van der Waals surface area contributed by atoms with Crippen LogP contribution in [0.5, 0.6) is 0 Å². The fraction of sp³-hybridized carbons (Fsp3) is 1.00. The molecule has 96 valence electrons. The zero-order valence-electron chi connectivity index (χ0n) is 9.58. The van der Waals surface area contributed by atoms with Crippen LogP contribution in [0.2, 0.25) is 0 Å². The number of hydrogen-bond donors (Lipinski definition) is 5. The van der Waals surface area contributed by atoms with E-state index in [2.05, 4.69) is 5.32 Å². The molecule has 1 unspecified atom stereocenters. The number of nitrogens with one attached hydrogen (secondary N) is 1. The molecule has 6 nitrogen and oxygen atoms in total. The first-order valence-electron chi connectivity index (χ1n) is 5.51. The minimum atomic E-state index is -1.23. The van der Waals surface area contributed by atoms with E-state index >= 15 is 0 Å². The average Bonchev–Trinajstić information content (AvgIpc) is 2.22. The molecule has 0 amide bonds. The van der Waals surface area contributed by atoms with Gasteiger partial charge in [0.2, 0.25) is 0 Å². The van der Waals surface area contributed by atoms with Crippen LogP contribution < -0.4 is 5.32 Å². The third-order valence-corrected chi connectivity index (χ3v) is 2.66. The van der Waals surface area contributed by atoms with E-state index in [-0.39, 0.29) is 0 Å². The minimum Gasteiger partial charge on any atom is -0.394 e. The van der Waals surface area contributed by atoms with Gasteiger partial charge in [-0.25, -0.2) is 0 Å². The van der Waals surface area contributed by atoms with Gasteiger partial charge in [0.05, 0.1) is 12.6 Å². The smallest absolute Gasteiger partial charge is 0.173 e. The molecule has 0 radical (unpaired) electrons. The maximum Gasteiger partial charge on any atom is 0.173 e. The fourth-order valence-corrected chi connectivity index (χ4v) is 1.69. The quantitative estimate of drug-likeness (QED) is 0.387. The molecule has 0 aromatic carbocycles. The standard InChI is InChI=1S/C10H21NO5/c1-5(2)3-11-7-9(14)8(13)6(4-12)16-10(7)15/h5-15H,3-4H2,1-2H3/t6-,7-,8+,9-,10?/m1/s1. The zero-order chi connectivity index (χ0) is 12.3. The maximum atomic E-state index is 9.76. The highest BCUT2D eigenvalue weighted by atomic mass is 16.6. The molecule has 0 bridgehead atoms. The van der Waals surface area contributed by atoms with Gasteiger partial charge in [0.1, 0.15) is 18.3 Å². The normalized spacial score (nSPS) is 40.3. The van der Waals surface area contributed by atoms with Crippen molar-refractivity contribution < 1.29 is 25.2 Å². The van der Waals surface area contributed by atoms with Gasteiger partial charge >= 0.3 is 0 Å². The lowest BCUT2D eigenvalue weighted by Gasteiger charge is -2.40. The minimum absolute atomic E-state index is 0.354. The second kappa shape index (κ2) is 5.90. The van der Waals surface area contributed by atoms with Gasteiger partial charge in [-0.3, -0.25) is 0 Å². The maximum absolute atomic E-state index is 9.76. The Kier molecular flexibility index (Phi) is 5.10. The summed E-state index contributed by atoms with van der Waals surface area (Å²) in [6, 6.07) is -0.736.